The Labute approximate surface area is 205 Å². The van der Waals surface area contributed by atoms with Gasteiger partial charge in [0.05, 0.1) is 31.7 Å². The van der Waals surface area contributed by atoms with Gasteiger partial charge in [-0.15, -0.1) is 0 Å². The van der Waals surface area contributed by atoms with Crippen molar-refractivity contribution >= 4 is 5.97 Å². The van der Waals surface area contributed by atoms with Crippen LogP contribution < -0.4 is 9.47 Å². The van der Waals surface area contributed by atoms with E-state index in [2.05, 4.69) is 63.9 Å². The molecule has 5 unspecified atom stereocenters. The molecule has 192 valence electrons. The number of carbonyl (C=O) groups is 1. The Balaban J connectivity index is 1.92. The van der Waals surface area contributed by atoms with E-state index in [0.29, 0.717) is 31.0 Å². The van der Waals surface area contributed by atoms with Gasteiger partial charge < -0.3 is 18.9 Å². The maximum absolute atomic E-state index is 12.6. The molecule has 0 aromatic heterocycles. The van der Waals surface area contributed by atoms with Crippen LogP contribution in [0.3, 0.4) is 0 Å². The molecule has 2 heterocycles. The highest BCUT2D eigenvalue weighted by Crippen LogP contribution is 2.49. The number of nitrogens with zero attached hydrogens (tertiary/aromatic N) is 2. The lowest BCUT2D eigenvalue weighted by atomic mass is 9.83. The highest BCUT2D eigenvalue weighted by Gasteiger charge is 2.51. The molecule has 34 heavy (non-hydrogen) atoms. The molecule has 2 aliphatic heterocycles. The largest absolute Gasteiger partial charge is 0.493 e. The van der Waals surface area contributed by atoms with Crippen LogP contribution in [0.4, 0.5) is 0 Å². The number of esters is 1. The van der Waals surface area contributed by atoms with Crippen LogP contribution in [0.1, 0.15) is 58.6 Å². The average molecular weight is 477 g/mol. The van der Waals surface area contributed by atoms with Gasteiger partial charge in [-0.1, -0.05) is 33.8 Å². The van der Waals surface area contributed by atoms with Crippen molar-refractivity contribution in [1.29, 1.82) is 0 Å². The summed E-state index contributed by atoms with van der Waals surface area (Å²) in [5, 5.41) is 4.61. The molecular weight excluding hydrogens is 432 g/mol. The maximum Gasteiger partial charge on any atom is 0.309 e. The first kappa shape index (κ1) is 26.8. The molecule has 0 spiro atoms. The van der Waals surface area contributed by atoms with Crippen LogP contribution in [0.5, 0.6) is 11.5 Å². The van der Waals surface area contributed by atoms with Crippen LogP contribution in [0.2, 0.25) is 0 Å². The van der Waals surface area contributed by atoms with Crippen LogP contribution in [-0.2, 0) is 14.3 Å². The normalized spacial score (nSPS) is 27.7. The molecule has 1 aromatic rings. The predicted molar refractivity (Wildman–Crippen MR) is 133 cm³/mol. The molecule has 2 aliphatic rings. The number of hydrogen-bond acceptors (Lipinski definition) is 7. The highest BCUT2D eigenvalue weighted by atomic mass is 16.6. The maximum atomic E-state index is 12.6. The van der Waals surface area contributed by atoms with Crippen molar-refractivity contribution in [2.75, 3.05) is 41.5 Å². The lowest BCUT2D eigenvalue weighted by Gasteiger charge is -2.39. The Hall–Kier alpha value is -1.83. The molecule has 3 rings (SSSR count). The molecule has 7 nitrogen and oxygen atoms in total. The van der Waals surface area contributed by atoms with Crippen molar-refractivity contribution in [1.82, 2.24) is 10.0 Å². The van der Waals surface area contributed by atoms with E-state index in [0.717, 1.165) is 30.8 Å². The molecule has 0 saturated carbocycles. The first-order valence-electron chi connectivity index (χ1n) is 12.6. The summed E-state index contributed by atoms with van der Waals surface area (Å²) in [6.45, 7) is 10.0. The fourth-order valence-electron chi connectivity index (χ4n) is 5.61. The Morgan fingerprint density at radius 1 is 1.06 bits per heavy atom. The van der Waals surface area contributed by atoms with Crippen molar-refractivity contribution in [3.8, 4) is 11.5 Å². The lowest BCUT2D eigenvalue weighted by Crippen LogP contribution is -2.47. The second-order valence-electron chi connectivity index (χ2n) is 10.5. The standard InChI is InChI=1S/C27H44N2O5/c1-17(2)20-15-22(24-16-21(18(3)4)27(30)34-24)29(28(5)6)26(20)19-10-11-23(32-8)25(14-19)33-13-9-12-31-7/h10-11,14,17-18,20-22,24,26H,9,12-13,15-16H2,1-8H3. The second-order valence-corrected chi connectivity index (χ2v) is 10.5. The van der Waals surface area contributed by atoms with E-state index < -0.39 is 0 Å². The number of ether oxygens (including phenoxy) is 4. The number of rotatable bonds is 11. The Kier molecular flexibility index (Phi) is 9.24. The minimum atomic E-state index is -0.0865. The molecule has 2 saturated heterocycles. The van der Waals surface area contributed by atoms with Gasteiger partial charge in [0.25, 0.3) is 0 Å². The third-order valence-electron chi connectivity index (χ3n) is 7.43. The van der Waals surface area contributed by atoms with Crippen LogP contribution in [-0.4, -0.2) is 69.7 Å². The summed E-state index contributed by atoms with van der Waals surface area (Å²) in [6, 6.07) is 6.58. The van der Waals surface area contributed by atoms with Crippen molar-refractivity contribution in [2.24, 2.45) is 23.7 Å². The van der Waals surface area contributed by atoms with Crippen LogP contribution in [0.25, 0.3) is 0 Å². The zero-order chi connectivity index (χ0) is 25.0. The zero-order valence-electron chi connectivity index (χ0n) is 22.2. The van der Waals surface area contributed by atoms with Gasteiger partial charge in [-0.3, -0.25) is 4.79 Å². The van der Waals surface area contributed by atoms with Gasteiger partial charge in [0.15, 0.2) is 11.5 Å². The number of hydrazine groups is 1. The summed E-state index contributed by atoms with van der Waals surface area (Å²) < 4.78 is 22.8. The summed E-state index contributed by atoms with van der Waals surface area (Å²) in [5.41, 5.74) is 1.20. The molecule has 5 atom stereocenters. The molecular formula is C27H44N2O5. The van der Waals surface area contributed by atoms with E-state index in [9.17, 15) is 4.79 Å². The van der Waals surface area contributed by atoms with E-state index >= 15 is 0 Å². The van der Waals surface area contributed by atoms with E-state index in [1.165, 1.54) is 5.56 Å². The average Bonchev–Trinajstić information content (AvgIpc) is 3.38. The Morgan fingerprint density at radius 3 is 2.35 bits per heavy atom. The molecule has 2 fully saturated rings. The topological polar surface area (TPSA) is 60.5 Å². The van der Waals surface area contributed by atoms with Crippen LogP contribution in [0.15, 0.2) is 18.2 Å². The van der Waals surface area contributed by atoms with Gasteiger partial charge in [0, 0.05) is 34.2 Å². The minimum absolute atomic E-state index is 0.0151. The monoisotopic (exact) mass is 476 g/mol. The fraction of sp³-hybridized carbons (Fsp3) is 0.741. The number of cyclic esters (lactones) is 1. The molecule has 0 amide bonds. The van der Waals surface area contributed by atoms with E-state index in [1.54, 1.807) is 14.2 Å². The molecule has 0 N–H and O–H groups in total. The van der Waals surface area contributed by atoms with Gasteiger partial charge in [0.1, 0.15) is 6.10 Å². The third kappa shape index (κ3) is 5.69. The first-order valence-corrected chi connectivity index (χ1v) is 12.6. The quantitative estimate of drug-likeness (QED) is 0.343. The SMILES string of the molecule is COCCCOc1cc(C2C(C(C)C)CC(C3CC(C(C)C)C(=O)O3)N2N(C)C)ccc1OC. The van der Waals surface area contributed by atoms with Gasteiger partial charge in [-0.05, 0) is 48.3 Å². The molecule has 1 aromatic carbocycles. The lowest BCUT2D eigenvalue weighted by molar-refractivity contribution is -0.150. The summed E-state index contributed by atoms with van der Waals surface area (Å²) in [4.78, 5) is 12.6. The highest BCUT2D eigenvalue weighted by molar-refractivity contribution is 5.75. The van der Waals surface area contributed by atoms with Crippen molar-refractivity contribution < 1.29 is 23.7 Å². The molecule has 0 aliphatic carbocycles. The fourth-order valence-corrected chi connectivity index (χ4v) is 5.61. The first-order chi connectivity index (χ1) is 16.2. The van der Waals surface area contributed by atoms with Crippen molar-refractivity contribution in [3.05, 3.63) is 23.8 Å². The van der Waals surface area contributed by atoms with Crippen LogP contribution >= 0.6 is 0 Å². The smallest absolute Gasteiger partial charge is 0.309 e. The Morgan fingerprint density at radius 2 is 1.79 bits per heavy atom. The summed E-state index contributed by atoms with van der Waals surface area (Å²) >= 11 is 0. The van der Waals surface area contributed by atoms with Gasteiger partial charge in [0.2, 0.25) is 0 Å². The summed E-state index contributed by atoms with van der Waals surface area (Å²) in [5.74, 6) is 2.62. The predicted octanol–water partition coefficient (Wildman–Crippen LogP) is 4.56. The number of benzene rings is 1. The molecule has 0 radical (unpaired) electrons. The third-order valence-corrected chi connectivity index (χ3v) is 7.43. The Bertz CT molecular complexity index is 812. The van der Waals surface area contributed by atoms with Crippen LogP contribution in [0, 0.1) is 23.7 Å². The molecule has 7 heteroatoms. The number of carbonyl (C=O) groups excluding carboxylic acids is 1. The molecule has 0 bridgehead atoms. The van der Waals surface area contributed by atoms with Gasteiger partial charge in [-0.25, -0.2) is 10.0 Å². The van der Waals surface area contributed by atoms with Crippen molar-refractivity contribution in [3.63, 3.8) is 0 Å². The summed E-state index contributed by atoms with van der Waals surface area (Å²) in [6.07, 6.45) is 2.51. The zero-order valence-corrected chi connectivity index (χ0v) is 22.2. The van der Waals surface area contributed by atoms with Gasteiger partial charge >= 0.3 is 5.97 Å². The number of methoxy groups -OCH3 is 2. The summed E-state index contributed by atoms with van der Waals surface area (Å²) in [7, 11) is 7.55. The second kappa shape index (κ2) is 11.7. The van der Waals surface area contributed by atoms with Gasteiger partial charge in [-0.2, -0.15) is 0 Å². The van der Waals surface area contributed by atoms with E-state index in [1.807, 2.05) is 6.07 Å². The van der Waals surface area contributed by atoms with E-state index in [-0.39, 0.29) is 30.1 Å². The van der Waals surface area contributed by atoms with Crippen molar-refractivity contribution in [2.45, 2.75) is 65.1 Å². The number of hydrogen-bond donors (Lipinski definition) is 0. The minimum Gasteiger partial charge on any atom is -0.493 e. The van der Waals surface area contributed by atoms with E-state index in [4.69, 9.17) is 18.9 Å².